The summed E-state index contributed by atoms with van der Waals surface area (Å²) in [7, 11) is -3.50. The second kappa shape index (κ2) is 6.49. The van der Waals surface area contributed by atoms with Gasteiger partial charge in [0.1, 0.15) is 0 Å². The topological polar surface area (TPSA) is 70.0 Å². The Bertz CT molecular complexity index is 693. The molecule has 1 fully saturated rings. The predicted molar refractivity (Wildman–Crippen MR) is 78.2 cm³/mol. The van der Waals surface area contributed by atoms with Gasteiger partial charge in [-0.3, -0.25) is 0 Å². The van der Waals surface area contributed by atoms with E-state index in [1.54, 1.807) is 0 Å². The van der Waals surface area contributed by atoms with E-state index < -0.39 is 20.2 Å². The fraction of sp³-hybridized carbons (Fsp3) is 0.533. The van der Waals surface area contributed by atoms with Gasteiger partial charge in [-0.1, -0.05) is 12.1 Å². The van der Waals surface area contributed by atoms with Crippen LogP contribution in [0.3, 0.4) is 0 Å². The van der Waals surface area contributed by atoms with Crippen molar-refractivity contribution in [1.29, 1.82) is 5.26 Å². The van der Waals surface area contributed by atoms with Crippen molar-refractivity contribution in [1.82, 2.24) is 5.32 Å². The summed E-state index contributed by atoms with van der Waals surface area (Å²) in [4.78, 5) is -0.772. The smallest absolute Gasteiger partial charge is 0.317 e. The Kier molecular flexibility index (Phi) is 5.01. The summed E-state index contributed by atoms with van der Waals surface area (Å²) in [6, 6.07) is 7.20. The summed E-state index contributed by atoms with van der Waals surface area (Å²) in [5.41, 5.74) is -4.61. The molecule has 2 rings (SSSR count). The molecule has 0 bridgehead atoms. The Labute approximate surface area is 133 Å². The minimum atomic E-state index is -5.33. The highest BCUT2D eigenvalue weighted by atomic mass is 32.2. The predicted octanol–water partition coefficient (Wildman–Crippen LogP) is 2.98. The second-order valence-corrected chi connectivity index (χ2v) is 7.60. The normalized spacial score (nSPS) is 25.8. The fourth-order valence-electron chi connectivity index (χ4n) is 3.00. The van der Waals surface area contributed by atoms with Gasteiger partial charge in [0.15, 0.2) is 0 Å². The molecule has 1 aromatic rings. The molecule has 1 aromatic carbocycles. The standard InChI is InChI=1S/C15H17F3N2O2S/c1-20-12-4-7-14(11(8-12)9-19)10-2-5-13(6-3-10)23(21,22)15(16,17)18/h2-3,5-6,11-12,14,20H,4,7-8H2,1H3. The van der Waals surface area contributed by atoms with Crippen LogP contribution in [0, 0.1) is 17.2 Å². The van der Waals surface area contributed by atoms with Gasteiger partial charge in [-0.2, -0.15) is 18.4 Å². The van der Waals surface area contributed by atoms with E-state index in [0.29, 0.717) is 12.0 Å². The van der Waals surface area contributed by atoms with Gasteiger partial charge in [0.05, 0.1) is 16.9 Å². The van der Waals surface area contributed by atoms with Gasteiger partial charge in [-0.05, 0) is 49.9 Å². The summed E-state index contributed by atoms with van der Waals surface area (Å²) in [5.74, 6) is -0.335. The molecule has 1 N–H and O–H groups in total. The van der Waals surface area contributed by atoms with Crippen molar-refractivity contribution in [3.63, 3.8) is 0 Å². The number of nitrogens with zero attached hydrogens (tertiary/aromatic N) is 1. The summed E-state index contributed by atoms with van der Waals surface area (Å²) < 4.78 is 60.3. The molecule has 1 aliphatic carbocycles. The van der Waals surface area contributed by atoms with E-state index in [2.05, 4.69) is 11.4 Å². The number of hydrogen-bond donors (Lipinski definition) is 1. The summed E-state index contributed by atoms with van der Waals surface area (Å²) in [5, 5.41) is 12.4. The maximum absolute atomic E-state index is 12.5. The van der Waals surface area contributed by atoms with Gasteiger partial charge >= 0.3 is 5.51 Å². The molecule has 0 amide bonds. The minimum Gasteiger partial charge on any atom is -0.317 e. The molecule has 0 radical (unpaired) electrons. The molecule has 8 heteroatoms. The number of rotatable bonds is 3. The lowest BCUT2D eigenvalue weighted by molar-refractivity contribution is -0.0436. The Morgan fingerprint density at radius 2 is 1.83 bits per heavy atom. The van der Waals surface area contributed by atoms with Crippen LogP contribution < -0.4 is 5.32 Å². The average Bonchev–Trinajstić information content (AvgIpc) is 2.53. The van der Waals surface area contributed by atoms with Gasteiger partial charge < -0.3 is 5.32 Å². The van der Waals surface area contributed by atoms with E-state index in [9.17, 15) is 26.9 Å². The summed E-state index contributed by atoms with van der Waals surface area (Å²) in [6.07, 6.45) is 2.26. The van der Waals surface area contributed by atoms with Crippen LogP contribution in [0.15, 0.2) is 29.2 Å². The van der Waals surface area contributed by atoms with Gasteiger partial charge in [0.2, 0.25) is 0 Å². The molecular formula is C15H17F3N2O2S. The average molecular weight is 346 g/mol. The lowest BCUT2D eigenvalue weighted by Gasteiger charge is -2.32. The molecule has 0 saturated heterocycles. The summed E-state index contributed by atoms with van der Waals surface area (Å²) in [6.45, 7) is 0. The first kappa shape index (κ1) is 17.8. The molecule has 4 nitrogen and oxygen atoms in total. The van der Waals surface area contributed by atoms with Crippen LogP contribution >= 0.6 is 0 Å². The third-order valence-corrected chi connectivity index (χ3v) is 5.85. The molecule has 0 aliphatic heterocycles. The molecule has 1 aliphatic rings. The zero-order chi connectivity index (χ0) is 17.3. The number of benzene rings is 1. The molecule has 3 unspecified atom stereocenters. The lowest BCUT2D eigenvalue weighted by Crippen LogP contribution is -2.34. The zero-order valence-corrected chi connectivity index (χ0v) is 13.3. The van der Waals surface area contributed by atoms with Gasteiger partial charge in [-0.15, -0.1) is 0 Å². The Hall–Kier alpha value is -1.59. The lowest BCUT2D eigenvalue weighted by atomic mass is 9.74. The van der Waals surface area contributed by atoms with Crippen molar-refractivity contribution in [3.8, 4) is 6.07 Å². The number of sulfone groups is 1. The Morgan fingerprint density at radius 3 is 2.30 bits per heavy atom. The number of nitriles is 1. The highest BCUT2D eigenvalue weighted by Crippen LogP contribution is 2.38. The Morgan fingerprint density at radius 1 is 1.22 bits per heavy atom. The first-order valence-electron chi connectivity index (χ1n) is 7.19. The Balaban J connectivity index is 2.25. The maximum atomic E-state index is 12.5. The third-order valence-electron chi connectivity index (χ3n) is 4.35. The van der Waals surface area contributed by atoms with E-state index in [0.717, 1.165) is 25.0 Å². The second-order valence-electron chi connectivity index (χ2n) is 5.66. The van der Waals surface area contributed by atoms with Crippen LogP contribution in [0.25, 0.3) is 0 Å². The largest absolute Gasteiger partial charge is 0.501 e. The van der Waals surface area contributed by atoms with E-state index >= 15 is 0 Å². The van der Waals surface area contributed by atoms with E-state index in [1.165, 1.54) is 12.1 Å². The van der Waals surface area contributed by atoms with Crippen molar-refractivity contribution in [3.05, 3.63) is 29.8 Å². The molecule has 126 valence electrons. The quantitative estimate of drug-likeness (QED) is 0.913. The SMILES string of the molecule is CNC1CCC(c2ccc(S(=O)(=O)C(F)(F)F)cc2)C(C#N)C1. The van der Waals surface area contributed by atoms with E-state index in [4.69, 9.17) is 0 Å². The monoisotopic (exact) mass is 346 g/mol. The first-order valence-corrected chi connectivity index (χ1v) is 8.67. The van der Waals surface area contributed by atoms with Crippen LogP contribution in [0.1, 0.15) is 30.7 Å². The highest BCUT2D eigenvalue weighted by Gasteiger charge is 2.46. The van der Waals surface area contributed by atoms with Gasteiger partial charge in [-0.25, -0.2) is 8.42 Å². The molecular weight excluding hydrogens is 329 g/mol. The minimum absolute atomic E-state index is 0.0905. The van der Waals surface area contributed by atoms with E-state index in [1.807, 2.05) is 7.05 Å². The number of halogens is 3. The molecule has 23 heavy (non-hydrogen) atoms. The molecule has 1 saturated carbocycles. The molecule has 3 atom stereocenters. The van der Waals surface area contributed by atoms with Crippen LogP contribution in [0.4, 0.5) is 13.2 Å². The number of nitrogens with one attached hydrogen (secondary N) is 1. The van der Waals surface area contributed by atoms with Crippen LogP contribution in [0.5, 0.6) is 0 Å². The zero-order valence-electron chi connectivity index (χ0n) is 12.5. The van der Waals surface area contributed by atoms with Crippen molar-refractivity contribution < 1.29 is 21.6 Å². The van der Waals surface area contributed by atoms with E-state index in [-0.39, 0.29) is 17.9 Å². The van der Waals surface area contributed by atoms with Crippen LogP contribution in [-0.2, 0) is 9.84 Å². The van der Waals surface area contributed by atoms with Crippen molar-refractivity contribution in [2.24, 2.45) is 5.92 Å². The third kappa shape index (κ3) is 3.51. The van der Waals surface area contributed by atoms with Crippen LogP contribution in [-0.4, -0.2) is 27.0 Å². The number of alkyl halides is 3. The van der Waals surface area contributed by atoms with Crippen LogP contribution in [0.2, 0.25) is 0 Å². The first-order chi connectivity index (χ1) is 10.7. The maximum Gasteiger partial charge on any atom is 0.501 e. The highest BCUT2D eigenvalue weighted by molar-refractivity contribution is 7.92. The molecule has 0 aromatic heterocycles. The van der Waals surface area contributed by atoms with Crippen molar-refractivity contribution in [2.75, 3.05) is 7.05 Å². The fourth-order valence-corrected chi connectivity index (χ4v) is 3.76. The summed E-state index contributed by atoms with van der Waals surface area (Å²) >= 11 is 0. The number of hydrogen-bond acceptors (Lipinski definition) is 4. The van der Waals surface area contributed by atoms with Crippen molar-refractivity contribution >= 4 is 9.84 Å². The van der Waals surface area contributed by atoms with Crippen molar-refractivity contribution in [2.45, 2.75) is 41.6 Å². The molecule has 0 heterocycles. The van der Waals surface area contributed by atoms with Gasteiger partial charge in [0.25, 0.3) is 9.84 Å². The molecule has 0 spiro atoms. The van der Waals surface area contributed by atoms with Gasteiger partial charge in [0, 0.05) is 6.04 Å².